The van der Waals surface area contributed by atoms with Crippen molar-refractivity contribution in [1.82, 2.24) is 19.3 Å². The number of fused-ring (bicyclic) bond motifs is 1. The maximum Gasteiger partial charge on any atom is 0.242 e. The summed E-state index contributed by atoms with van der Waals surface area (Å²) < 4.78 is 35.6. The minimum absolute atomic E-state index is 0.204. The summed E-state index contributed by atoms with van der Waals surface area (Å²) in [5.74, 6) is 0.779. The number of rotatable bonds is 9. The molecule has 2 heterocycles. The van der Waals surface area contributed by atoms with Crippen molar-refractivity contribution >= 4 is 20.9 Å². The van der Waals surface area contributed by atoms with E-state index in [1.54, 1.807) is 36.9 Å². The largest absolute Gasteiger partial charge is 0.494 e. The van der Waals surface area contributed by atoms with Gasteiger partial charge in [-0.15, -0.1) is 0 Å². The number of sulfonamides is 1. The summed E-state index contributed by atoms with van der Waals surface area (Å²) in [5.41, 5.74) is 1.49. The summed E-state index contributed by atoms with van der Waals surface area (Å²) >= 11 is 0. The lowest BCUT2D eigenvalue weighted by atomic mass is 10.2. The normalized spacial score (nSPS) is 11.6. The number of nitrogens with one attached hydrogen (secondary N) is 1. The van der Waals surface area contributed by atoms with Gasteiger partial charge in [0, 0.05) is 36.2 Å². The number of benzene rings is 2. The van der Waals surface area contributed by atoms with E-state index in [-0.39, 0.29) is 4.90 Å². The summed E-state index contributed by atoms with van der Waals surface area (Å²) in [6, 6.07) is 16.5. The number of aromatic nitrogens is 3. The SMILES string of the molecule is O=S(=O)(NCCCCOc1ccc(-n2ccnc2)cc1)c1cccc2cccnc12. The van der Waals surface area contributed by atoms with Gasteiger partial charge in [0.2, 0.25) is 10.0 Å². The van der Waals surface area contributed by atoms with Gasteiger partial charge in [-0.1, -0.05) is 18.2 Å². The van der Waals surface area contributed by atoms with Crippen LogP contribution in [0.25, 0.3) is 16.6 Å². The molecule has 0 aliphatic carbocycles. The van der Waals surface area contributed by atoms with Crippen molar-refractivity contribution < 1.29 is 13.2 Å². The fourth-order valence-electron chi connectivity index (χ4n) is 3.12. The molecular formula is C22H22N4O3S. The molecule has 7 nitrogen and oxygen atoms in total. The molecule has 0 saturated heterocycles. The summed E-state index contributed by atoms with van der Waals surface area (Å²) in [5, 5.41) is 0.799. The van der Waals surface area contributed by atoms with Crippen LogP contribution < -0.4 is 9.46 Å². The molecule has 0 aliphatic heterocycles. The molecule has 0 saturated carbocycles. The number of ether oxygens (including phenoxy) is 1. The van der Waals surface area contributed by atoms with Gasteiger partial charge in [0.05, 0.1) is 18.5 Å². The van der Waals surface area contributed by atoms with Crippen LogP contribution in [0.15, 0.2) is 84.4 Å². The second-order valence-electron chi connectivity index (χ2n) is 6.75. The van der Waals surface area contributed by atoms with Crippen molar-refractivity contribution in [1.29, 1.82) is 0 Å². The Morgan fingerprint density at radius 3 is 2.60 bits per heavy atom. The molecule has 8 heteroatoms. The number of hydrogen-bond acceptors (Lipinski definition) is 5. The van der Waals surface area contributed by atoms with Crippen molar-refractivity contribution in [3.05, 3.63) is 79.5 Å². The number of hydrogen-bond donors (Lipinski definition) is 1. The Morgan fingerprint density at radius 2 is 1.80 bits per heavy atom. The number of para-hydroxylation sites is 1. The van der Waals surface area contributed by atoms with Crippen LogP contribution in [0.2, 0.25) is 0 Å². The van der Waals surface area contributed by atoms with E-state index in [0.717, 1.165) is 23.2 Å². The molecule has 0 fully saturated rings. The van der Waals surface area contributed by atoms with Crippen LogP contribution in [0.1, 0.15) is 12.8 Å². The molecule has 2 aromatic carbocycles. The van der Waals surface area contributed by atoms with Gasteiger partial charge in [-0.25, -0.2) is 18.1 Å². The predicted octanol–water partition coefficient (Wildman–Crippen LogP) is 3.56. The Labute approximate surface area is 175 Å². The Balaban J connectivity index is 1.24. The van der Waals surface area contributed by atoms with E-state index < -0.39 is 10.0 Å². The summed E-state index contributed by atoms with van der Waals surface area (Å²) in [6.07, 6.45) is 8.36. The van der Waals surface area contributed by atoms with Gasteiger partial charge in [-0.3, -0.25) is 4.98 Å². The zero-order chi connectivity index (χ0) is 20.8. The topological polar surface area (TPSA) is 86.1 Å². The zero-order valence-electron chi connectivity index (χ0n) is 16.3. The molecular weight excluding hydrogens is 400 g/mol. The van der Waals surface area contributed by atoms with Crippen LogP contribution in [-0.2, 0) is 10.0 Å². The van der Waals surface area contributed by atoms with E-state index in [2.05, 4.69) is 14.7 Å². The van der Waals surface area contributed by atoms with Gasteiger partial charge < -0.3 is 9.30 Å². The van der Waals surface area contributed by atoms with Crippen molar-refractivity contribution in [2.24, 2.45) is 0 Å². The third-order valence-corrected chi connectivity index (χ3v) is 6.15. The average Bonchev–Trinajstić information content (AvgIpc) is 3.31. The maximum absolute atomic E-state index is 12.6. The highest BCUT2D eigenvalue weighted by Crippen LogP contribution is 2.20. The molecule has 0 atom stereocenters. The number of imidazole rings is 1. The molecule has 1 N–H and O–H groups in total. The molecule has 0 bridgehead atoms. The monoisotopic (exact) mass is 422 g/mol. The van der Waals surface area contributed by atoms with Crippen LogP contribution >= 0.6 is 0 Å². The summed E-state index contributed by atoms with van der Waals surface area (Å²) in [4.78, 5) is 8.45. The molecule has 154 valence electrons. The van der Waals surface area contributed by atoms with E-state index in [1.165, 1.54) is 0 Å². The lowest BCUT2D eigenvalue weighted by Crippen LogP contribution is -2.25. The lowest BCUT2D eigenvalue weighted by molar-refractivity contribution is 0.307. The van der Waals surface area contributed by atoms with E-state index in [0.29, 0.717) is 25.1 Å². The molecule has 0 unspecified atom stereocenters. The van der Waals surface area contributed by atoms with Crippen molar-refractivity contribution in [3.8, 4) is 11.4 Å². The quantitative estimate of drug-likeness (QED) is 0.417. The van der Waals surface area contributed by atoms with Crippen molar-refractivity contribution in [2.45, 2.75) is 17.7 Å². The summed E-state index contributed by atoms with van der Waals surface area (Å²) in [6.45, 7) is 0.858. The fraction of sp³-hybridized carbons (Fsp3) is 0.182. The predicted molar refractivity (Wildman–Crippen MR) is 115 cm³/mol. The van der Waals surface area contributed by atoms with Gasteiger partial charge in [0.15, 0.2) is 0 Å². The lowest BCUT2D eigenvalue weighted by Gasteiger charge is -2.10. The van der Waals surface area contributed by atoms with Crippen LogP contribution in [-0.4, -0.2) is 36.1 Å². The van der Waals surface area contributed by atoms with Gasteiger partial charge in [-0.2, -0.15) is 0 Å². The minimum Gasteiger partial charge on any atom is -0.494 e. The number of unbranched alkanes of at least 4 members (excludes halogenated alkanes) is 1. The Bertz CT molecular complexity index is 1200. The summed E-state index contributed by atoms with van der Waals surface area (Å²) in [7, 11) is -3.61. The Morgan fingerprint density at radius 1 is 0.967 bits per heavy atom. The minimum atomic E-state index is -3.61. The van der Waals surface area contributed by atoms with Crippen LogP contribution in [0.5, 0.6) is 5.75 Å². The molecule has 4 aromatic rings. The molecule has 2 aromatic heterocycles. The Kier molecular flexibility index (Phi) is 6.06. The third kappa shape index (κ3) is 4.67. The van der Waals surface area contributed by atoms with E-state index in [4.69, 9.17) is 4.74 Å². The first-order valence-electron chi connectivity index (χ1n) is 9.68. The van der Waals surface area contributed by atoms with Crippen LogP contribution in [0, 0.1) is 0 Å². The maximum atomic E-state index is 12.6. The zero-order valence-corrected chi connectivity index (χ0v) is 17.1. The molecule has 0 spiro atoms. The first-order valence-corrected chi connectivity index (χ1v) is 11.2. The van der Waals surface area contributed by atoms with Crippen LogP contribution in [0.4, 0.5) is 0 Å². The van der Waals surface area contributed by atoms with Gasteiger partial charge in [0.1, 0.15) is 10.6 Å². The molecule has 0 radical (unpaired) electrons. The molecule has 30 heavy (non-hydrogen) atoms. The van der Waals surface area contributed by atoms with Crippen molar-refractivity contribution in [2.75, 3.05) is 13.2 Å². The second-order valence-corrected chi connectivity index (χ2v) is 8.48. The standard InChI is InChI=1S/C22H22N4O3S/c27-30(28,21-7-3-5-18-6-4-12-24-22(18)21)25-13-1-2-16-29-20-10-8-19(9-11-20)26-15-14-23-17-26/h3-12,14-15,17,25H,1-2,13,16H2. The molecule has 0 amide bonds. The fourth-order valence-corrected chi connectivity index (χ4v) is 4.37. The second kappa shape index (κ2) is 9.06. The van der Waals surface area contributed by atoms with Crippen LogP contribution in [0.3, 0.4) is 0 Å². The van der Waals surface area contributed by atoms with E-state index in [1.807, 2.05) is 47.2 Å². The first-order chi connectivity index (χ1) is 14.6. The Hall–Kier alpha value is -3.23. The highest BCUT2D eigenvalue weighted by Gasteiger charge is 2.17. The smallest absolute Gasteiger partial charge is 0.242 e. The van der Waals surface area contributed by atoms with Gasteiger partial charge >= 0.3 is 0 Å². The first kappa shape index (κ1) is 20.1. The highest BCUT2D eigenvalue weighted by molar-refractivity contribution is 7.89. The van der Waals surface area contributed by atoms with Crippen molar-refractivity contribution in [3.63, 3.8) is 0 Å². The van der Waals surface area contributed by atoms with E-state index >= 15 is 0 Å². The molecule has 0 aliphatic rings. The number of nitrogens with zero attached hydrogens (tertiary/aromatic N) is 3. The van der Waals surface area contributed by atoms with Gasteiger partial charge in [0.25, 0.3) is 0 Å². The third-order valence-electron chi connectivity index (χ3n) is 4.66. The number of pyridine rings is 1. The molecule has 4 rings (SSSR count). The highest BCUT2D eigenvalue weighted by atomic mass is 32.2. The van der Waals surface area contributed by atoms with Gasteiger partial charge in [-0.05, 0) is 49.2 Å². The average molecular weight is 423 g/mol. The van der Waals surface area contributed by atoms with E-state index in [9.17, 15) is 8.42 Å².